The summed E-state index contributed by atoms with van der Waals surface area (Å²) in [5.41, 5.74) is 2.11. The van der Waals surface area contributed by atoms with Crippen molar-refractivity contribution in [3.8, 4) is 11.5 Å². The minimum Gasteiger partial charge on any atom is -0.493 e. The summed E-state index contributed by atoms with van der Waals surface area (Å²) in [4.78, 5) is 0. The van der Waals surface area contributed by atoms with Gasteiger partial charge in [0.1, 0.15) is 6.61 Å². The van der Waals surface area contributed by atoms with Crippen molar-refractivity contribution >= 4 is 15.9 Å². The summed E-state index contributed by atoms with van der Waals surface area (Å²) < 4.78 is 11.9. The van der Waals surface area contributed by atoms with Crippen molar-refractivity contribution in [2.75, 3.05) is 20.8 Å². The first-order valence-electron chi connectivity index (χ1n) is 5.36. The average Bonchev–Trinajstić information content (AvgIpc) is 2.27. The lowest BCUT2D eigenvalue weighted by molar-refractivity contribution is 0.317. The largest absolute Gasteiger partial charge is 0.493 e. The monoisotopic (exact) mass is 299 g/mol. The number of hydrogen-bond donors (Lipinski definition) is 1. The second kappa shape index (κ2) is 6.67. The van der Waals surface area contributed by atoms with Crippen LogP contribution in [0.25, 0.3) is 0 Å². The molecule has 4 heteroatoms. The van der Waals surface area contributed by atoms with Gasteiger partial charge in [-0.05, 0) is 53.2 Å². The van der Waals surface area contributed by atoms with Crippen molar-refractivity contribution < 1.29 is 9.47 Å². The first-order chi connectivity index (χ1) is 8.08. The van der Waals surface area contributed by atoms with Gasteiger partial charge in [0, 0.05) is 6.54 Å². The molecule has 0 aliphatic carbocycles. The number of rotatable bonds is 6. The van der Waals surface area contributed by atoms with Crippen molar-refractivity contribution in [2.45, 2.75) is 13.5 Å². The molecule has 0 unspecified atom stereocenters. The van der Waals surface area contributed by atoms with E-state index in [2.05, 4.69) is 27.8 Å². The average molecular weight is 300 g/mol. The van der Waals surface area contributed by atoms with Crippen molar-refractivity contribution in [3.05, 3.63) is 34.3 Å². The van der Waals surface area contributed by atoms with Crippen LogP contribution in [0.5, 0.6) is 11.5 Å². The van der Waals surface area contributed by atoms with Gasteiger partial charge in [0.15, 0.2) is 11.5 Å². The number of halogens is 1. The summed E-state index contributed by atoms with van der Waals surface area (Å²) in [6.45, 7) is 7.01. The maximum Gasteiger partial charge on any atom is 0.175 e. The quantitative estimate of drug-likeness (QED) is 0.819. The Morgan fingerprint density at radius 1 is 1.47 bits per heavy atom. The van der Waals surface area contributed by atoms with Gasteiger partial charge in [-0.15, -0.1) is 0 Å². The summed E-state index contributed by atoms with van der Waals surface area (Å²) in [5, 5.41) is 3.10. The second-order valence-corrected chi connectivity index (χ2v) is 4.74. The topological polar surface area (TPSA) is 30.5 Å². The zero-order chi connectivity index (χ0) is 12.8. The van der Waals surface area contributed by atoms with Crippen LogP contribution >= 0.6 is 15.9 Å². The van der Waals surface area contributed by atoms with Crippen molar-refractivity contribution in [3.63, 3.8) is 0 Å². The summed E-state index contributed by atoms with van der Waals surface area (Å²) >= 11 is 3.50. The van der Waals surface area contributed by atoms with E-state index in [1.165, 1.54) is 0 Å². The molecule has 1 aromatic carbocycles. The molecular weight excluding hydrogens is 282 g/mol. The predicted octanol–water partition coefficient (Wildman–Crippen LogP) is 3.13. The van der Waals surface area contributed by atoms with E-state index in [1.807, 2.05) is 26.1 Å². The van der Waals surface area contributed by atoms with Gasteiger partial charge in [-0.1, -0.05) is 6.58 Å². The Bertz CT molecular complexity index is 405. The van der Waals surface area contributed by atoms with Crippen LogP contribution in [-0.2, 0) is 6.54 Å². The maximum atomic E-state index is 5.66. The van der Waals surface area contributed by atoms with Crippen LogP contribution in [0.3, 0.4) is 0 Å². The Kier molecular flexibility index (Phi) is 5.51. The fraction of sp³-hybridized carbons (Fsp3) is 0.385. The van der Waals surface area contributed by atoms with E-state index in [9.17, 15) is 0 Å². The molecule has 0 aliphatic heterocycles. The predicted molar refractivity (Wildman–Crippen MR) is 73.8 cm³/mol. The van der Waals surface area contributed by atoms with Gasteiger partial charge >= 0.3 is 0 Å². The highest BCUT2D eigenvalue weighted by atomic mass is 79.9. The third-order valence-electron chi connectivity index (χ3n) is 2.13. The molecule has 0 aliphatic rings. The van der Waals surface area contributed by atoms with Crippen LogP contribution in [0.15, 0.2) is 28.8 Å². The van der Waals surface area contributed by atoms with Gasteiger partial charge in [-0.3, -0.25) is 0 Å². The Balaban J connectivity index is 2.98. The van der Waals surface area contributed by atoms with Crippen LogP contribution in [-0.4, -0.2) is 20.8 Å². The lowest BCUT2D eigenvalue weighted by Gasteiger charge is -2.14. The smallest absolute Gasteiger partial charge is 0.175 e. The zero-order valence-electron chi connectivity index (χ0n) is 10.5. The highest BCUT2D eigenvalue weighted by Crippen LogP contribution is 2.36. The molecule has 0 fully saturated rings. The molecule has 0 saturated heterocycles. The Morgan fingerprint density at radius 2 is 2.18 bits per heavy atom. The number of ether oxygens (including phenoxy) is 2. The fourth-order valence-electron chi connectivity index (χ4n) is 1.41. The molecule has 1 rings (SSSR count). The van der Waals surface area contributed by atoms with Gasteiger partial charge in [-0.2, -0.15) is 0 Å². The fourth-order valence-corrected chi connectivity index (χ4v) is 2.02. The zero-order valence-corrected chi connectivity index (χ0v) is 12.1. The van der Waals surface area contributed by atoms with Crippen LogP contribution in [0.4, 0.5) is 0 Å². The van der Waals surface area contributed by atoms with E-state index in [1.54, 1.807) is 7.11 Å². The Labute approximate surface area is 111 Å². The van der Waals surface area contributed by atoms with E-state index >= 15 is 0 Å². The minimum atomic E-state index is 0.486. The summed E-state index contributed by atoms with van der Waals surface area (Å²) in [5.74, 6) is 1.45. The molecule has 0 saturated carbocycles. The molecule has 1 aromatic rings. The summed E-state index contributed by atoms with van der Waals surface area (Å²) in [6.07, 6.45) is 0. The molecule has 0 amide bonds. The van der Waals surface area contributed by atoms with Gasteiger partial charge in [0.2, 0.25) is 0 Å². The van der Waals surface area contributed by atoms with E-state index in [4.69, 9.17) is 9.47 Å². The van der Waals surface area contributed by atoms with Crippen molar-refractivity contribution in [2.24, 2.45) is 0 Å². The molecular formula is C13H18BrNO2. The van der Waals surface area contributed by atoms with E-state index in [-0.39, 0.29) is 0 Å². The molecule has 17 heavy (non-hydrogen) atoms. The Hall–Kier alpha value is -1.00. The first-order valence-corrected chi connectivity index (χ1v) is 6.16. The van der Waals surface area contributed by atoms with Crippen LogP contribution in [0.1, 0.15) is 12.5 Å². The molecule has 3 nitrogen and oxygen atoms in total. The number of hydrogen-bond acceptors (Lipinski definition) is 3. The SMILES string of the molecule is C=C(C)COc1c(Br)cc(CNC)cc1OC. The third-order valence-corrected chi connectivity index (χ3v) is 2.72. The maximum absolute atomic E-state index is 5.66. The highest BCUT2D eigenvalue weighted by molar-refractivity contribution is 9.10. The number of benzene rings is 1. The third kappa shape index (κ3) is 4.06. The normalized spacial score (nSPS) is 10.1. The minimum absolute atomic E-state index is 0.486. The van der Waals surface area contributed by atoms with E-state index < -0.39 is 0 Å². The molecule has 0 aromatic heterocycles. The molecule has 94 valence electrons. The summed E-state index contributed by atoms with van der Waals surface area (Å²) in [6, 6.07) is 3.99. The van der Waals surface area contributed by atoms with Crippen molar-refractivity contribution in [1.29, 1.82) is 0 Å². The number of methoxy groups -OCH3 is 1. The molecule has 1 N–H and O–H groups in total. The van der Waals surface area contributed by atoms with Gasteiger partial charge in [0.05, 0.1) is 11.6 Å². The lowest BCUT2D eigenvalue weighted by Crippen LogP contribution is -2.06. The van der Waals surface area contributed by atoms with Gasteiger partial charge in [-0.25, -0.2) is 0 Å². The first kappa shape index (κ1) is 14.1. The van der Waals surface area contributed by atoms with E-state index in [0.717, 1.165) is 33.7 Å². The molecule has 0 spiro atoms. The Morgan fingerprint density at radius 3 is 2.71 bits per heavy atom. The summed E-state index contributed by atoms with van der Waals surface area (Å²) in [7, 11) is 3.55. The van der Waals surface area contributed by atoms with Gasteiger partial charge in [0.25, 0.3) is 0 Å². The lowest BCUT2D eigenvalue weighted by atomic mass is 10.2. The standard InChI is InChI=1S/C13H18BrNO2/c1-9(2)8-17-13-11(14)5-10(7-15-3)6-12(13)16-4/h5-6,15H,1,7-8H2,2-4H3. The molecule has 0 atom stereocenters. The van der Waals surface area contributed by atoms with Crippen LogP contribution in [0.2, 0.25) is 0 Å². The van der Waals surface area contributed by atoms with Crippen molar-refractivity contribution in [1.82, 2.24) is 5.32 Å². The highest BCUT2D eigenvalue weighted by Gasteiger charge is 2.11. The molecule has 0 heterocycles. The van der Waals surface area contributed by atoms with E-state index in [0.29, 0.717) is 6.61 Å². The molecule has 0 bridgehead atoms. The van der Waals surface area contributed by atoms with Gasteiger partial charge < -0.3 is 14.8 Å². The number of nitrogens with one attached hydrogen (secondary N) is 1. The second-order valence-electron chi connectivity index (χ2n) is 3.89. The van der Waals surface area contributed by atoms with Crippen LogP contribution < -0.4 is 14.8 Å². The van der Waals surface area contributed by atoms with Crippen LogP contribution in [0, 0.1) is 0 Å². The molecule has 0 radical (unpaired) electrons.